The molecule has 4 aromatic carbocycles. The second kappa shape index (κ2) is 13.7. The quantitative estimate of drug-likeness (QED) is 0.0378. The Kier molecular flexibility index (Phi) is 9.59. The highest BCUT2D eigenvalue weighted by atomic mass is 32.2. The Balaban J connectivity index is 1.49. The van der Waals surface area contributed by atoms with Crippen molar-refractivity contribution < 1.29 is 28.8 Å². The van der Waals surface area contributed by atoms with E-state index in [1.54, 1.807) is 30.3 Å². The summed E-state index contributed by atoms with van der Waals surface area (Å²) in [6, 6.07) is 25.6. The van der Waals surface area contributed by atoms with Crippen LogP contribution in [0.25, 0.3) is 21.8 Å². The molecule has 0 saturated heterocycles. The van der Waals surface area contributed by atoms with Gasteiger partial charge in [-0.15, -0.1) is 11.8 Å². The Bertz CT molecular complexity index is 1990. The molecule has 0 radical (unpaired) electrons. The summed E-state index contributed by atoms with van der Waals surface area (Å²) in [5, 5.41) is 5.59. The second-order valence-corrected chi connectivity index (χ2v) is 11.5. The number of methoxy groups -OCH3 is 1. The van der Waals surface area contributed by atoms with Gasteiger partial charge in [-0.1, -0.05) is 41.6 Å². The summed E-state index contributed by atoms with van der Waals surface area (Å²) in [5.74, 6) is -1.16. The molecule has 1 heterocycles. The van der Waals surface area contributed by atoms with Crippen LogP contribution in [-0.2, 0) is 20.9 Å². The SMILES string of the molecule is CCn1c2ccc(C(=O)C(CCSc3ccccc3C(=O)OC)=NOC(C)=O)cc2c2cc(C(=O)c3ccccc3C)ccc21. The molecule has 9 heteroatoms. The molecular weight excluding hydrogens is 588 g/mol. The number of aryl methyl sites for hydroxylation is 2. The van der Waals surface area contributed by atoms with Gasteiger partial charge >= 0.3 is 11.9 Å². The summed E-state index contributed by atoms with van der Waals surface area (Å²) in [7, 11) is 1.32. The van der Waals surface area contributed by atoms with Crippen molar-refractivity contribution >= 4 is 62.8 Å². The first kappa shape index (κ1) is 31.4. The Morgan fingerprint density at radius 1 is 0.822 bits per heavy atom. The van der Waals surface area contributed by atoms with Crippen LogP contribution in [0.2, 0.25) is 0 Å². The number of oxime groups is 1. The van der Waals surface area contributed by atoms with Gasteiger partial charge in [0.1, 0.15) is 5.71 Å². The van der Waals surface area contributed by atoms with E-state index in [1.807, 2.05) is 68.4 Å². The largest absolute Gasteiger partial charge is 0.465 e. The molecule has 0 saturated carbocycles. The van der Waals surface area contributed by atoms with Crippen LogP contribution in [0.5, 0.6) is 0 Å². The normalized spacial score (nSPS) is 11.5. The highest BCUT2D eigenvalue weighted by Gasteiger charge is 2.21. The van der Waals surface area contributed by atoms with Crippen molar-refractivity contribution in [3.05, 3.63) is 113 Å². The monoisotopic (exact) mass is 620 g/mol. The Morgan fingerprint density at radius 3 is 2.09 bits per heavy atom. The van der Waals surface area contributed by atoms with E-state index >= 15 is 0 Å². The van der Waals surface area contributed by atoms with Crippen LogP contribution >= 0.6 is 11.8 Å². The zero-order valence-corrected chi connectivity index (χ0v) is 26.3. The third-order valence-electron chi connectivity index (χ3n) is 7.53. The number of carbonyl (C=O) groups is 4. The predicted octanol–water partition coefficient (Wildman–Crippen LogP) is 7.42. The van der Waals surface area contributed by atoms with E-state index in [9.17, 15) is 19.2 Å². The summed E-state index contributed by atoms with van der Waals surface area (Å²) in [4.78, 5) is 56.6. The van der Waals surface area contributed by atoms with Crippen LogP contribution in [0.4, 0.5) is 0 Å². The van der Waals surface area contributed by atoms with Crippen molar-refractivity contribution in [3.8, 4) is 0 Å². The number of aromatic nitrogens is 1. The minimum atomic E-state index is -0.642. The molecule has 0 spiro atoms. The lowest BCUT2D eigenvalue weighted by molar-refractivity contribution is -0.140. The topological polar surface area (TPSA) is 104 Å². The third-order valence-corrected chi connectivity index (χ3v) is 8.61. The number of rotatable bonds is 11. The molecule has 0 atom stereocenters. The number of carbonyl (C=O) groups excluding carboxylic acids is 4. The highest BCUT2D eigenvalue weighted by Crippen LogP contribution is 2.32. The molecule has 0 amide bonds. The molecule has 5 rings (SSSR count). The molecule has 228 valence electrons. The standard InChI is InChI=1S/C36H32N2O6S/c1-5-38-31-16-14-24(34(40)26-11-7-6-10-22(26)2)20-28(31)29-21-25(15-17-32(29)38)35(41)30(37-44-23(3)39)18-19-45-33-13-9-8-12-27(33)36(42)43-4/h6-17,20-21H,5,18-19H2,1-4H3. The Labute approximate surface area is 265 Å². The summed E-state index contributed by atoms with van der Waals surface area (Å²) in [6.07, 6.45) is 0.177. The number of esters is 1. The minimum Gasteiger partial charge on any atom is -0.465 e. The maximum Gasteiger partial charge on any atom is 0.338 e. The van der Waals surface area contributed by atoms with Gasteiger partial charge in [0.15, 0.2) is 5.78 Å². The summed E-state index contributed by atoms with van der Waals surface area (Å²) >= 11 is 1.37. The Hall–Kier alpha value is -5.02. The molecule has 8 nitrogen and oxygen atoms in total. The van der Waals surface area contributed by atoms with Crippen LogP contribution in [-0.4, -0.2) is 46.6 Å². The molecule has 5 aromatic rings. The number of nitrogens with zero attached hydrogens (tertiary/aromatic N) is 2. The van der Waals surface area contributed by atoms with Gasteiger partial charge in [0.05, 0.1) is 12.7 Å². The van der Waals surface area contributed by atoms with E-state index in [0.717, 1.165) is 27.4 Å². The van der Waals surface area contributed by atoms with Crippen molar-refractivity contribution in [1.29, 1.82) is 0 Å². The zero-order chi connectivity index (χ0) is 32.1. The average molecular weight is 621 g/mol. The molecule has 0 aliphatic carbocycles. The Morgan fingerprint density at radius 2 is 1.44 bits per heavy atom. The fraction of sp³-hybridized carbons (Fsp3) is 0.194. The number of Topliss-reactive ketones (excluding diaryl/α,β-unsaturated/α-hetero) is 1. The number of ketones is 2. The van der Waals surface area contributed by atoms with E-state index in [-0.39, 0.29) is 23.7 Å². The first-order valence-electron chi connectivity index (χ1n) is 14.5. The highest BCUT2D eigenvalue weighted by molar-refractivity contribution is 7.99. The van der Waals surface area contributed by atoms with Crippen molar-refractivity contribution in [2.45, 2.75) is 38.6 Å². The lowest BCUT2D eigenvalue weighted by Gasteiger charge is -2.09. The van der Waals surface area contributed by atoms with Gasteiger partial charge in [-0.2, -0.15) is 0 Å². The van der Waals surface area contributed by atoms with Gasteiger partial charge in [0.25, 0.3) is 0 Å². The zero-order valence-electron chi connectivity index (χ0n) is 25.5. The maximum atomic E-state index is 13.8. The summed E-state index contributed by atoms with van der Waals surface area (Å²) in [5.41, 5.74) is 4.86. The van der Waals surface area contributed by atoms with Crippen LogP contribution in [0, 0.1) is 6.92 Å². The van der Waals surface area contributed by atoms with Crippen LogP contribution in [0.15, 0.2) is 95.0 Å². The third kappa shape index (κ3) is 6.58. The van der Waals surface area contributed by atoms with Crippen LogP contribution in [0.3, 0.4) is 0 Å². The van der Waals surface area contributed by atoms with Gasteiger partial charge in [0, 0.05) is 69.0 Å². The minimum absolute atomic E-state index is 0.0679. The van der Waals surface area contributed by atoms with E-state index in [1.165, 1.54) is 25.8 Å². The smallest absolute Gasteiger partial charge is 0.338 e. The fourth-order valence-electron chi connectivity index (χ4n) is 5.33. The van der Waals surface area contributed by atoms with E-state index in [4.69, 9.17) is 9.57 Å². The number of benzene rings is 4. The van der Waals surface area contributed by atoms with Gasteiger partial charge in [-0.05, 0) is 67.9 Å². The lowest BCUT2D eigenvalue weighted by atomic mass is 9.97. The van der Waals surface area contributed by atoms with E-state index in [0.29, 0.717) is 39.4 Å². The van der Waals surface area contributed by atoms with Crippen molar-refractivity contribution in [1.82, 2.24) is 4.57 Å². The molecule has 0 N–H and O–H groups in total. The molecule has 0 aliphatic heterocycles. The number of hydrogen-bond donors (Lipinski definition) is 0. The number of hydrogen-bond acceptors (Lipinski definition) is 8. The fourth-order valence-corrected chi connectivity index (χ4v) is 6.32. The van der Waals surface area contributed by atoms with Crippen molar-refractivity contribution in [3.63, 3.8) is 0 Å². The van der Waals surface area contributed by atoms with E-state index < -0.39 is 11.9 Å². The van der Waals surface area contributed by atoms with Crippen LogP contribution in [0.1, 0.15) is 62.5 Å². The number of thioether (sulfide) groups is 1. The molecule has 45 heavy (non-hydrogen) atoms. The number of fused-ring (bicyclic) bond motifs is 3. The molecule has 0 bridgehead atoms. The van der Waals surface area contributed by atoms with E-state index in [2.05, 4.69) is 9.72 Å². The second-order valence-electron chi connectivity index (χ2n) is 10.4. The van der Waals surface area contributed by atoms with Gasteiger partial charge in [-0.25, -0.2) is 9.59 Å². The predicted molar refractivity (Wildman–Crippen MR) is 176 cm³/mol. The summed E-state index contributed by atoms with van der Waals surface area (Å²) in [6.45, 7) is 5.87. The number of ether oxygens (including phenoxy) is 1. The van der Waals surface area contributed by atoms with Crippen LogP contribution < -0.4 is 0 Å². The van der Waals surface area contributed by atoms with Gasteiger partial charge in [-0.3, -0.25) is 9.59 Å². The van der Waals surface area contributed by atoms with Gasteiger partial charge in [0.2, 0.25) is 5.78 Å². The average Bonchev–Trinajstić information content (AvgIpc) is 3.37. The molecule has 0 aliphatic rings. The lowest BCUT2D eigenvalue weighted by Crippen LogP contribution is -2.17. The first-order valence-corrected chi connectivity index (χ1v) is 15.5. The molecule has 0 fully saturated rings. The maximum absolute atomic E-state index is 13.8. The van der Waals surface area contributed by atoms with Crippen molar-refractivity contribution in [2.24, 2.45) is 5.16 Å². The van der Waals surface area contributed by atoms with Gasteiger partial charge < -0.3 is 14.1 Å². The molecule has 1 aromatic heterocycles. The van der Waals surface area contributed by atoms with Crippen molar-refractivity contribution in [2.75, 3.05) is 12.9 Å². The first-order chi connectivity index (χ1) is 21.7. The molecular formula is C36H32N2O6S. The summed E-state index contributed by atoms with van der Waals surface area (Å²) < 4.78 is 7.02. The molecule has 0 unspecified atom stereocenters.